The molecule has 0 saturated carbocycles. The van der Waals surface area contributed by atoms with Crippen molar-refractivity contribution in [1.29, 1.82) is 0 Å². The van der Waals surface area contributed by atoms with Crippen LogP contribution in [-0.4, -0.2) is 33.6 Å². The van der Waals surface area contributed by atoms with Crippen LogP contribution >= 0.6 is 11.6 Å². The molecule has 9 heteroatoms. The molecule has 2 aromatic carbocycles. The Hall–Kier alpha value is -2.00. The first-order valence-electron chi connectivity index (χ1n) is 8.33. The average Bonchev–Trinajstić information content (AvgIpc) is 3.16. The fraction of sp³-hybridized carbons (Fsp3) is 0.278. The fourth-order valence-corrected chi connectivity index (χ4v) is 3.89. The van der Waals surface area contributed by atoms with Crippen LogP contribution in [0.25, 0.3) is 0 Å². The molecule has 0 unspecified atom stereocenters. The predicted octanol–water partition coefficient (Wildman–Crippen LogP) is 3.19. The van der Waals surface area contributed by atoms with Gasteiger partial charge in [0.05, 0.1) is 16.7 Å². The number of hydrogen-bond acceptors (Lipinski definition) is 4. The van der Waals surface area contributed by atoms with Gasteiger partial charge in [-0.1, -0.05) is 11.6 Å². The molecular weight excluding hydrogens is 395 g/mol. The lowest BCUT2D eigenvalue weighted by molar-refractivity contribution is 0.102. The van der Waals surface area contributed by atoms with E-state index in [-0.39, 0.29) is 33.8 Å². The van der Waals surface area contributed by atoms with Crippen molar-refractivity contribution in [3.8, 4) is 0 Å². The van der Waals surface area contributed by atoms with Gasteiger partial charge in [-0.25, -0.2) is 17.5 Å². The van der Waals surface area contributed by atoms with Gasteiger partial charge in [0.2, 0.25) is 10.0 Å². The second kappa shape index (κ2) is 8.35. The van der Waals surface area contributed by atoms with E-state index in [0.717, 1.165) is 18.9 Å². The summed E-state index contributed by atoms with van der Waals surface area (Å²) in [5.41, 5.74) is 0.182. The highest BCUT2D eigenvalue weighted by molar-refractivity contribution is 7.89. The highest BCUT2D eigenvalue weighted by Crippen LogP contribution is 2.20. The smallest absolute Gasteiger partial charge is 0.255 e. The van der Waals surface area contributed by atoms with E-state index in [1.807, 2.05) is 0 Å². The molecule has 27 heavy (non-hydrogen) atoms. The molecule has 1 atom stereocenters. The summed E-state index contributed by atoms with van der Waals surface area (Å²) < 4.78 is 46.3. The topological polar surface area (TPSA) is 84.5 Å². The van der Waals surface area contributed by atoms with Gasteiger partial charge in [-0.05, 0) is 55.3 Å². The highest BCUT2D eigenvalue weighted by Gasteiger charge is 2.20. The third kappa shape index (κ3) is 5.04. The summed E-state index contributed by atoms with van der Waals surface area (Å²) in [6.45, 7) is 0.852. The maximum atomic E-state index is 13.8. The third-order valence-electron chi connectivity index (χ3n) is 4.13. The molecule has 0 bridgehead atoms. The summed E-state index contributed by atoms with van der Waals surface area (Å²) in [6.07, 6.45) is 1.63. The Balaban J connectivity index is 1.65. The van der Waals surface area contributed by atoms with E-state index in [1.165, 1.54) is 36.4 Å². The minimum absolute atomic E-state index is 0.0145. The van der Waals surface area contributed by atoms with Gasteiger partial charge in [0, 0.05) is 23.7 Å². The van der Waals surface area contributed by atoms with Crippen LogP contribution in [-0.2, 0) is 14.8 Å². The van der Waals surface area contributed by atoms with Gasteiger partial charge in [0.25, 0.3) is 5.91 Å². The Labute approximate surface area is 161 Å². The zero-order valence-electron chi connectivity index (χ0n) is 14.2. The third-order valence-corrected chi connectivity index (χ3v) is 5.81. The number of carbonyl (C=O) groups is 1. The van der Waals surface area contributed by atoms with Crippen molar-refractivity contribution >= 4 is 33.2 Å². The predicted molar refractivity (Wildman–Crippen MR) is 100.0 cm³/mol. The maximum absolute atomic E-state index is 13.8. The molecule has 2 aromatic rings. The van der Waals surface area contributed by atoms with Crippen LogP contribution in [0.2, 0.25) is 5.02 Å². The zero-order chi connectivity index (χ0) is 19.4. The molecule has 1 heterocycles. The Morgan fingerprint density at radius 3 is 2.59 bits per heavy atom. The molecule has 0 radical (unpaired) electrons. The van der Waals surface area contributed by atoms with Crippen molar-refractivity contribution in [2.75, 3.05) is 18.5 Å². The van der Waals surface area contributed by atoms with Gasteiger partial charge in [0.1, 0.15) is 5.82 Å². The monoisotopic (exact) mass is 412 g/mol. The van der Waals surface area contributed by atoms with Crippen LogP contribution in [0, 0.1) is 5.82 Å². The first-order chi connectivity index (χ1) is 12.8. The van der Waals surface area contributed by atoms with Gasteiger partial charge < -0.3 is 10.1 Å². The molecule has 6 nitrogen and oxygen atoms in total. The molecule has 1 aliphatic heterocycles. The quantitative estimate of drug-likeness (QED) is 0.763. The molecule has 2 N–H and O–H groups in total. The minimum Gasteiger partial charge on any atom is -0.377 e. The van der Waals surface area contributed by atoms with Crippen molar-refractivity contribution in [3.05, 3.63) is 58.9 Å². The number of sulfonamides is 1. The molecule has 1 aliphatic rings. The number of carbonyl (C=O) groups excluding carboxylic acids is 1. The van der Waals surface area contributed by atoms with Gasteiger partial charge in [0.15, 0.2) is 0 Å². The molecule has 1 fully saturated rings. The van der Waals surface area contributed by atoms with Crippen molar-refractivity contribution in [3.63, 3.8) is 0 Å². The largest absolute Gasteiger partial charge is 0.377 e. The van der Waals surface area contributed by atoms with E-state index in [4.69, 9.17) is 16.3 Å². The number of benzene rings is 2. The lowest BCUT2D eigenvalue weighted by Gasteiger charge is -2.12. The first kappa shape index (κ1) is 19.8. The number of anilines is 1. The number of amides is 1. The molecule has 0 aromatic heterocycles. The number of nitrogens with one attached hydrogen (secondary N) is 2. The van der Waals surface area contributed by atoms with E-state index in [9.17, 15) is 17.6 Å². The van der Waals surface area contributed by atoms with Crippen molar-refractivity contribution in [2.45, 2.75) is 23.8 Å². The lowest BCUT2D eigenvalue weighted by Crippen LogP contribution is -2.31. The van der Waals surface area contributed by atoms with E-state index in [1.54, 1.807) is 0 Å². The first-order valence-corrected chi connectivity index (χ1v) is 10.2. The van der Waals surface area contributed by atoms with Crippen LogP contribution in [0.3, 0.4) is 0 Å². The number of halogens is 2. The summed E-state index contributed by atoms with van der Waals surface area (Å²) >= 11 is 5.67. The highest BCUT2D eigenvalue weighted by atomic mass is 35.5. The minimum atomic E-state index is -3.70. The van der Waals surface area contributed by atoms with E-state index >= 15 is 0 Å². The van der Waals surface area contributed by atoms with Gasteiger partial charge in [-0.3, -0.25) is 4.79 Å². The van der Waals surface area contributed by atoms with E-state index in [2.05, 4.69) is 10.0 Å². The molecule has 1 saturated heterocycles. The SMILES string of the molecule is O=C(Nc1ccc(Cl)cc1F)c1ccc(S(=O)(=O)NC[C@@H]2CCCO2)cc1. The number of hydrogen-bond donors (Lipinski definition) is 2. The standard InChI is InChI=1S/C18H18ClFN2O4S/c19-13-5-8-17(16(20)10-13)22-18(23)12-3-6-15(7-4-12)27(24,25)21-11-14-2-1-9-26-14/h3-8,10,14,21H,1-2,9,11H2,(H,22,23)/t14-/m0/s1. The molecule has 1 amide bonds. The molecule has 0 aliphatic carbocycles. The van der Waals surface area contributed by atoms with Crippen LogP contribution in [0.4, 0.5) is 10.1 Å². The molecule has 144 valence electrons. The Bertz CT molecular complexity index is 929. The second-order valence-corrected chi connectivity index (χ2v) is 8.29. The normalized spacial score (nSPS) is 17.0. The van der Waals surface area contributed by atoms with Gasteiger partial charge in [-0.15, -0.1) is 0 Å². The second-order valence-electron chi connectivity index (χ2n) is 6.09. The summed E-state index contributed by atoms with van der Waals surface area (Å²) in [5, 5.41) is 2.64. The average molecular weight is 413 g/mol. The Morgan fingerprint density at radius 1 is 1.22 bits per heavy atom. The van der Waals surface area contributed by atoms with Gasteiger partial charge in [-0.2, -0.15) is 0 Å². The summed E-state index contributed by atoms with van der Waals surface area (Å²) in [4.78, 5) is 12.3. The fourth-order valence-electron chi connectivity index (χ4n) is 2.66. The number of rotatable bonds is 6. The van der Waals surface area contributed by atoms with E-state index < -0.39 is 21.7 Å². The summed E-state index contributed by atoms with van der Waals surface area (Å²) in [5.74, 6) is -1.22. The molecule has 0 spiro atoms. The van der Waals surface area contributed by atoms with Crippen molar-refractivity contribution in [1.82, 2.24) is 4.72 Å². The Kier molecular flexibility index (Phi) is 6.11. The zero-order valence-corrected chi connectivity index (χ0v) is 15.8. The molecular formula is C18H18ClFN2O4S. The van der Waals surface area contributed by atoms with Crippen LogP contribution in [0.1, 0.15) is 23.2 Å². The van der Waals surface area contributed by atoms with Crippen LogP contribution in [0.15, 0.2) is 47.4 Å². The lowest BCUT2D eigenvalue weighted by atomic mass is 10.2. The van der Waals surface area contributed by atoms with Crippen LogP contribution < -0.4 is 10.0 Å². The van der Waals surface area contributed by atoms with Crippen molar-refractivity contribution < 1.29 is 22.3 Å². The summed E-state index contributed by atoms with van der Waals surface area (Å²) in [7, 11) is -3.70. The molecule has 3 rings (SSSR count). The van der Waals surface area contributed by atoms with Crippen molar-refractivity contribution in [2.24, 2.45) is 0 Å². The van der Waals surface area contributed by atoms with E-state index in [0.29, 0.717) is 6.61 Å². The number of ether oxygens (including phenoxy) is 1. The van der Waals surface area contributed by atoms with Gasteiger partial charge >= 0.3 is 0 Å². The maximum Gasteiger partial charge on any atom is 0.255 e. The Morgan fingerprint density at radius 2 is 1.96 bits per heavy atom. The van der Waals surface area contributed by atoms with Crippen LogP contribution in [0.5, 0.6) is 0 Å². The summed E-state index contributed by atoms with van der Waals surface area (Å²) in [6, 6.07) is 9.27.